The highest BCUT2D eigenvalue weighted by molar-refractivity contribution is 7.14. The van der Waals surface area contributed by atoms with E-state index in [1.807, 2.05) is 60.0 Å². The van der Waals surface area contributed by atoms with Crippen molar-refractivity contribution < 1.29 is 4.74 Å². The molecule has 0 fully saturated rings. The second-order valence-corrected chi connectivity index (χ2v) is 5.41. The van der Waals surface area contributed by atoms with Crippen LogP contribution >= 0.6 is 11.3 Å². The Balaban J connectivity index is 1.67. The quantitative estimate of drug-likeness (QED) is 0.565. The van der Waals surface area contributed by atoms with Crippen LogP contribution in [0.15, 0.2) is 65.1 Å². The summed E-state index contributed by atoms with van der Waals surface area (Å²) in [6.45, 7) is 0. The predicted octanol–water partition coefficient (Wildman–Crippen LogP) is 4.26. The number of rotatable bonds is 5. The standard InChI is InChI=1S/C17H15N3OS/c1-21-15-9-7-14(8-10-15)16-12-22-17(19-16)20-18-11-13-5-3-2-4-6-13/h2-12H,1H3,(H,19,20)/b18-11+. The van der Waals surface area contributed by atoms with Crippen LogP contribution in [0.25, 0.3) is 11.3 Å². The number of methoxy groups -OCH3 is 1. The highest BCUT2D eigenvalue weighted by Gasteiger charge is 2.04. The molecule has 5 heteroatoms. The second-order valence-electron chi connectivity index (χ2n) is 4.55. The van der Waals surface area contributed by atoms with Gasteiger partial charge in [0.25, 0.3) is 0 Å². The first-order valence-electron chi connectivity index (χ1n) is 6.79. The van der Waals surface area contributed by atoms with E-state index in [1.54, 1.807) is 13.3 Å². The summed E-state index contributed by atoms with van der Waals surface area (Å²) in [4.78, 5) is 4.52. The lowest BCUT2D eigenvalue weighted by Crippen LogP contribution is -1.90. The van der Waals surface area contributed by atoms with Gasteiger partial charge in [0.15, 0.2) is 0 Å². The Bertz CT molecular complexity index is 751. The van der Waals surface area contributed by atoms with Crippen LogP contribution in [0.3, 0.4) is 0 Å². The highest BCUT2D eigenvalue weighted by atomic mass is 32.1. The fourth-order valence-corrected chi connectivity index (χ4v) is 2.59. The minimum atomic E-state index is 0.762. The molecule has 0 amide bonds. The summed E-state index contributed by atoms with van der Waals surface area (Å²) in [6, 6.07) is 17.8. The lowest BCUT2D eigenvalue weighted by Gasteiger charge is -2.00. The van der Waals surface area contributed by atoms with Crippen LogP contribution in [0.5, 0.6) is 5.75 Å². The molecule has 0 saturated carbocycles. The molecule has 0 unspecified atom stereocenters. The zero-order chi connectivity index (χ0) is 15.2. The molecule has 2 aromatic carbocycles. The van der Waals surface area contributed by atoms with Crippen molar-refractivity contribution in [1.82, 2.24) is 4.98 Å². The Morgan fingerprint density at radius 1 is 1.09 bits per heavy atom. The van der Waals surface area contributed by atoms with E-state index in [1.165, 1.54) is 11.3 Å². The Morgan fingerprint density at radius 3 is 2.59 bits per heavy atom. The lowest BCUT2D eigenvalue weighted by atomic mass is 10.2. The molecular formula is C17H15N3OS. The van der Waals surface area contributed by atoms with Crippen molar-refractivity contribution in [1.29, 1.82) is 0 Å². The molecule has 3 rings (SSSR count). The van der Waals surface area contributed by atoms with Crippen LogP contribution < -0.4 is 10.2 Å². The average molecular weight is 309 g/mol. The van der Waals surface area contributed by atoms with Crippen LogP contribution in [0.2, 0.25) is 0 Å². The zero-order valence-corrected chi connectivity index (χ0v) is 12.9. The first-order valence-corrected chi connectivity index (χ1v) is 7.67. The Labute approximate surface area is 133 Å². The van der Waals surface area contributed by atoms with Gasteiger partial charge >= 0.3 is 0 Å². The van der Waals surface area contributed by atoms with E-state index in [0.717, 1.165) is 27.7 Å². The average Bonchev–Trinajstić information content (AvgIpc) is 3.05. The van der Waals surface area contributed by atoms with Gasteiger partial charge in [0, 0.05) is 10.9 Å². The summed E-state index contributed by atoms with van der Waals surface area (Å²) < 4.78 is 5.16. The van der Waals surface area contributed by atoms with Crippen molar-refractivity contribution in [2.24, 2.45) is 5.10 Å². The minimum absolute atomic E-state index is 0.762. The maximum absolute atomic E-state index is 5.16. The number of anilines is 1. The topological polar surface area (TPSA) is 46.5 Å². The molecule has 0 radical (unpaired) electrons. The highest BCUT2D eigenvalue weighted by Crippen LogP contribution is 2.26. The first-order chi connectivity index (χ1) is 10.8. The van der Waals surface area contributed by atoms with E-state index < -0.39 is 0 Å². The molecule has 1 heterocycles. The summed E-state index contributed by atoms with van der Waals surface area (Å²) in [5.74, 6) is 0.838. The molecule has 3 aromatic rings. The largest absolute Gasteiger partial charge is 0.497 e. The summed E-state index contributed by atoms with van der Waals surface area (Å²) in [5.41, 5.74) is 5.98. The third-order valence-corrected chi connectivity index (χ3v) is 3.81. The monoisotopic (exact) mass is 309 g/mol. The Morgan fingerprint density at radius 2 is 1.86 bits per heavy atom. The molecule has 0 aliphatic carbocycles. The van der Waals surface area contributed by atoms with Crippen molar-refractivity contribution in [2.45, 2.75) is 0 Å². The lowest BCUT2D eigenvalue weighted by molar-refractivity contribution is 0.415. The first kappa shape index (κ1) is 14.3. The molecule has 22 heavy (non-hydrogen) atoms. The number of hydrogen-bond donors (Lipinski definition) is 1. The molecule has 0 aliphatic heterocycles. The number of benzene rings is 2. The molecule has 110 valence electrons. The summed E-state index contributed by atoms with van der Waals surface area (Å²) in [5, 5.41) is 6.96. The van der Waals surface area contributed by atoms with Crippen molar-refractivity contribution >= 4 is 22.7 Å². The molecular weight excluding hydrogens is 294 g/mol. The van der Waals surface area contributed by atoms with Gasteiger partial charge in [-0.1, -0.05) is 30.3 Å². The van der Waals surface area contributed by atoms with Gasteiger partial charge in [-0.15, -0.1) is 11.3 Å². The number of aromatic nitrogens is 1. The van der Waals surface area contributed by atoms with E-state index in [4.69, 9.17) is 4.74 Å². The fourth-order valence-electron chi connectivity index (χ4n) is 1.92. The third kappa shape index (κ3) is 3.51. The van der Waals surface area contributed by atoms with Gasteiger partial charge in [0.1, 0.15) is 5.75 Å². The van der Waals surface area contributed by atoms with E-state index >= 15 is 0 Å². The number of thiazole rings is 1. The van der Waals surface area contributed by atoms with Gasteiger partial charge in [-0.3, -0.25) is 5.43 Å². The van der Waals surface area contributed by atoms with E-state index in [2.05, 4.69) is 15.5 Å². The van der Waals surface area contributed by atoms with Gasteiger partial charge in [-0.25, -0.2) is 4.98 Å². The number of nitrogens with zero attached hydrogens (tertiary/aromatic N) is 2. The summed E-state index contributed by atoms with van der Waals surface area (Å²) in [7, 11) is 1.66. The normalized spacial score (nSPS) is 10.8. The molecule has 0 atom stereocenters. The van der Waals surface area contributed by atoms with Gasteiger partial charge in [-0.05, 0) is 29.8 Å². The predicted molar refractivity (Wildman–Crippen MR) is 91.8 cm³/mol. The van der Waals surface area contributed by atoms with Crippen LogP contribution in [0.1, 0.15) is 5.56 Å². The molecule has 0 saturated heterocycles. The van der Waals surface area contributed by atoms with Gasteiger partial charge in [0.05, 0.1) is 19.0 Å². The number of ether oxygens (including phenoxy) is 1. The molecule has 4 nitrogen and oxygen atoms in total. The van der Waals surface area contributed by atoms with Crippen LogP contribution in [0.4, 0.5) is 5.13 Å². The van der Waals surface area contributed by atoms with Gasteiger partial charge in [0.2, 0.25) is 5.13 Å². The van der Waals surface area contributed by atoms with Crippen molar-refractivity contribution in [3.05, 3.63) is 65.5 Å². The van der Waals surface area contributed by atoms with Crippen LogP contribution in [-0.4, -0.2) is 18.3 Å². The van der Waals surface area contributed by atoms with E-state index in [0.29, 0.717) is 0 Å². The number of nitrogens with one attached hydrogen (secondary N) is 1. The van der Waals surface area contributed by atoms with E-state index in [-0.39, 0.29) is 0 Å². The maximum Gasteiger partial charge on any atom is 0.203 e. The number of hydrazone groups is 1. The minimum Gasteiger partial charge on any atom is -0.497 e. The van der Waals surface area contributed by atoms with Gasteiger partial charge < -0.3 is 4.74 Å². The Hall–Kier alpha value is -2.66. The van der Waals surface area contributed by atoms with Crippen molar-refractivity contribution in [3.8, 4) is 17.0 Å². The second kappa shape index (κ2) is 6.87. The Kier molecular flexibility index (Phi) is 4.46. The molecule has 1 N–H and O–H groups in total. The smallest absolute Gasteiger partial charge is 0.203 e. The maximum atomic E-state index is 5.16. The zero-order valence-electron chi connectivity index (χ0n) is 12.1. The summed E-state index contributed by atoms with van der Waals surface area (Å²) >= 11 is 1.52. The molecule has 0 aliphatic rings. The molecule has 0 spiro atoms. The summed E-state index contributed by atoms with van der Waals surface area (Å²) in [6.07, 6.45) is 1.77. The molecule has 1 aromatic heterocycles. The van der Waals surface area contributed by atoms with Crippen LogP contribution in [0, 0.1) is 0 Å². The van der Waals surface area contributed by atoms with E-state index in [9.17, 15) is 0 Å². The van der Waals surface area contributed by atoms with Crippen molar-refractivity contribution in [3.63, 3.8) is 0 Å². The molecule has 0 bridgehead atoms. The van der Waals surface area contributed by atoms with Gasteiger partial charge in [-0.2, -0.15) is 5.10 Å². The van der Waals surface area contributed by atoms with Crippen molar-refractivity contribution in [2.75, 3.05) is 12.5 Å². The number of hydrogen-bond acceptors (Lipinski definition) is 5. The fraction of sp³-hybridized carbons (Fsp3) is 0.0588. The van der Waals surface area contributed by atoms with Crippen LogP contribution in [-0.2, 0) is 0 Å². The third-order valence-electron chi connectivity index (χ3n) is 3.06. The SMILES string of the molecule is COc1ccc(-c2csc(N/N=C/c3ccccc3)n2)cc1.